The number of anilines is 1. The molecule has 0 aliphatic carbocycles. The molecule has 0 aliphatic rings. The fourth-order valence-electron chi connectivity index (χ4n) is 2.87. The van der Waals surface area contributed by atoms with Gasteiger partial charge in [-0.15, -0.1) is 0 Å². The summed E-state index contributed by atoms with van der Waals surface area (Å²) in [5.74, 6) is -0.0987. The van der Waals surface area contributed by atoms with Crippen LogP contribution < -0.4 is 10.6 Å². The number of hydrogen-bond donors (Lipinski definition) is 3. The number of benzene rings is 2. The fourth-order valence-corrected chi connectivity index (χ4v) is 3.14. The highest BCUT2D eigenvalue weighted by molar-refractivity contribution is 9.10. The Balaban J connectivity index is 1.73. The van der Waals surface area contributed by atoms with Gasteiger partial charge >= 0.3 is 6.09 Å². The highest BCUT2D eigenvalue weighted by Crippen LogP contribution is 2.21. The Morgan fingerprint density at radius 2 is 1.77 bits per heavy atom. The van der Waals surface area contributed by atoms with Gasteiger partial charge in [-0.3, -0.25) is 10.1 Å². The lowest BCUT2D eigenvalue weighted by Crippen LogP contribution is -2.47. The van der Waals surface area contributed by atoms with Gasteiger partial charge in [0.15, 0.2) is 0 Å². The number of rotatable bonds is 6. The summed E-state index contributed by atoms with van der Waals surface area (Å²) in [7, 11) is 0. The number of H-pyrrole nitrogens is 1. The van der Waals surface area contributed by atoms with Crippen molar-refractivity contribution in [2.45, 2.75) is 38.8 Å². The molecule has 3 rings (SSSR count). The number of hydrogen-bond acceptors (Lipinski definition) is 4. The molecule has 1 heterocycles. The third kappa shape index (κ3) is 6.96. The molecule has 31 heavy (non-hydrogen) atoms. The Morgan fingerprint density at radius 3 is 2.42 bits per heavy atom. The largest absolute Gasteiger partial charge is 0.444 e. The van der Waals surface area contributed by atoms with Crippen LogP contribution in [0.2, 0.25) is 0 Å². The molecule has 2 aromatic carbocycles. The number of aromatic nitrogens is 2. The topological polar surface area (TPSA) is 96.1 Å². The molecule has 3 aromatic rings. The Labute approximate surface area is 189 Å². The van der Waals surface area contributed by atoms with Gasteiger partial charge in [-0.05, 0) is 44.0 Å². The van der Waals surface area contributed by atoms with Gasteiger partial charge in [0.1, 0.15) is 11.6 Å². The molecule has 0 fully saturated rings. The maximum Gasteiger partial charge on any atom is 0.408 e. The molecule has 2 amide bonds. The van der Waals surface area contributed by atoms with Crippen LogP contribution in [0.5, 0.6) is 0 Å². The van der Waals surface area contributed by atoms with Crippen molar-refractivity contribution < 1.29 is 14.3 Å². The van der Waals surface area contributed by atoms with E-state index in [9.17, 15) is 9.59 Å². The monoisotopic (exact) mass is 484 g/mol. The zero-order chi connectivity index (χ0) is 22.4. The molecule has 8 heteroatoms. The summed E-state index contributed by atoms with van der Waals surface area (Å²) >= 11 is 3.41. The molecule has 0 saturated heterocycles. The number of nitrogens with one attached hydrogen (secondary N) is 3. The van der Waals surface area contributed by atoms with E-state index >= 15 is 0 Å². The van der Waals surface area contributed by atoms with Crippen molar-refractivity contribution in [3.63, 3.8) is 0 Å². The number of amides is 2. The molecule has 0 spiro atoms. The first-order valence-corrected chi connectivity index (χ1v) is 10.6. The van der Waals surface area contributed by atoms with E-state index < -0.39 is 23.6 Å². The zero-order valence-electron chi connectivity index (χ0n) is 17.6. The first-order valence-electron chi connectivity index (χ1n) is 9.85. The lowest BCUT2D eigenvalue weighted by Gasteiger charge is -2.23. The second-order valence-corrected chi connectivity index (χ2v) is 8.95. The number of ether oxygens (including phenoxy) is 1. The van der Waals surface area contributed by atoms with E-state index in [0.29, 0.717) is 12.4 Å². The number of carbonyl (C=O) groups excluding carboxylic acids is 2. The van der Waals surface area contributed by atoms with Crippen LogP contribution in [0.1, 0.15) is 26.3 Å². The van der Waals surface area contributed by atoms with Crippen LogP contribution in [0, 0.1) is 0 Å². The third-order valence-electron chi connectivity index (χ3n) is 4.26. The lowest BCUT2D eigenvalue weighted by molar-refractivity contribution is -0.118. The summed E-state index contributed by atoms with van der Waals surface area (Å²) in [5.41, 5.74) is 1.94. The maximum absolute atomic E-state index is 13.0. The van der Waals surface area contributed by atoms with Crippen LogP contribution in [-0.4, -0.2) is 33.6 Å². The summed E-state index contributed by atoms with van der Waals surface area (Å²) in [4.78, 5) is 32.6. The Hall–Kier alpha value is -3.13. The van der Waals surface area contributed by atoms with Crippen molar-refractivity contribution >= 4 is 33.9 Å². The second kappa shape index (κ2) is 9.78. The van der Waals surface area contributed by atoms with E-state index in [1.165, 1.54) is 0 Å². The second-order valence-electron chi connectivity index (χ2n) is 8.03. The average Bonchev–Trinajstić information content (AvgIpc) is 3.16. The van der Waals surface area contributed by atoms with E-state index in [2.05, 4.69) is 36.5 Å². The van der Waals surface area contributed by atoms with Crippen molar-refractivity contribution in [3.05, 3.63) is 70.8 Å². The highest BCUT2D eigenvalue weighted by Gasteiger charge is 2.25. The molecule has 0 bridgehead atoms. The quantitative estimate of drug-likeness (QED) is 0.462. The predicted octanol–water partition coefficient (Wildman–Crippen LogP) is 4.91. The molecule has 7 nitrogen and oxygen atoms in total. The maximum atomic E-state index is 13.0. The number of halogens is 1. The van der Waals surface area contributed by atoms with E-state index in [0.717, 1.165) is 21.3 Å². The van der Waals surface area contributed by atoms with Gasteiger partial charge in [-0.2, -0.15) is 0 Å². The van der Waals surface area contributed by atoms with Crippen molar-refractivity contribution in [2.75, 3.05) is 5.32 Å². The number of aromatic amines is 1. The number of alkyl carbamates (subject to hydrolysis) is 1. The van der Waals surface area contributed by atoms with Gasteiger partial charge in [0.25, 0.3) is 0 Å². The minimum atomic E-state index is -0.835. The first-order chi connectivity index (χ1) is 14.7. The van der Waals surface area contributed by atoms with Crippen LogP contribution >= 0.6 is 15.9 Å². The SMILES string of the molecule is CC(C)(C)OC(=O)N[C@@H](Cc1ccccc1)C(=O)Nc1ncc(-c2ccc(Br)cc2)[nH]1. The first kappa shape index (κ1) is 22.6. The fraction of sp³-hybridized carbons (Fsp3) is 0.261. The van der Waals surface area contributed by atoms with Crippen molar-refractivity contribution in [2.24, 2.45) is 0 Å². The number of imidazole rings is 1. The van der Waals surface area contributed by atoms with Crippen LogP contribution in [0.4, 0.5) is 10.7 Å². The van der Waals surface area contributed by atoms with Gasteiger partial charge < -0.3 is 15.0 Å². The van der Waals surface area contributed by atoms with Gasteiger partial charge in [0.05, 0.1) is 11.9 Å². The highest BCUT2D eigenvalue weighted by atomic mass is 79.9. The lowest BCUT2D eigenvalue weighted by atomic mass is 10.1. The summed E-state index contributed by atoms with van der Waals surface area (Å²) in [6.45, 7) is 5.31. The molecule has 1 aromatic heterocycles. The summed E-state index contributed by atoms with van der Waals surface area (Å²) in [5, 5.41) is 5.41. The summed E-state index contributed by atoms with van der Waals surface area (Å²) < 4.78 is 6.29. The molecular formula is C23H25BrN4O3. The van der Waals surface area contributed by atoms with Crippen LogP contribution in [0.15, 0.2) is 65.3 Å². The Kier molecular flexibility index (Phi) is 7.12. The van der Waals surface area contributed by atoms with Crippen molar-refractivity contribution in [3.8, 4) is 11.3 Å². The molecule has 3 N–H and O–H groups in total. The standard InChI is InChI=1S/C23H25BrN4O3/c1-23(2,3)31-22(30)27-18(13-15-7-5-4-6-8-15)20(29)28-21-25-14-19(26-21)16-9-11-17(24)12-10-16/h4-12,14,18H,13H2,1-3H3,(H,27,30)(H2,25,26,28,29)/t18-/m0/s1. The normalized spacial score (nSPS) is 12.1. The molecule has 0 radical (unpaired) electrons. The average molecular weight is 485 g/mol. The minimum Gasteiger partial charge on any atom is -0.444 e. The van der Waals surface area contributed by atoms with Gasteiger partial charge in [-0.1, -0.05) is 58.4 Å². The zero-order valence-corrected chi connectivity index (χ0v) is 19.2. The smallest absolute Gasteiger partial charge is 0.408 e. The van der Waals surface area contributed by atoms with Crippen LogP contribution in [-0.2, 0) is 16.0 Å². The molecular weight excluding hydrogens is 460 g/mol. The van der Waals surface area contributed by atoms with Crippen LogP contribution in [0.25, 0.3) is 11.3 Å². The number of nitrogens with zero attached hydrogens (tertiary/aromatic N) is 1. The Morgan fingerprint density at radius 1 is 1.10 bits per heavy atom. The van der Waals surface area contributed by atoms with E-state index in [4.69, 9.17) is 4.74 Å². The molecule has 162 valence electrons. The van der Waals surface area contributed by atoms with Gasteiger partial charge in [-0.25, -0.2) is 9.78 Å². The minimum absolute atomic E-state index is 0.298. The number of carbonyl (C=O) groups is 2. The van der Waals surface area contributed by atoms with E-state index in [1.54, 1.807) is 27.0 Å². The van der Waals surface area contributed by atoms with E-state index in [1.807, 2.05) is 54.6 Å². The van der Waals surface area contributed by atoms with Gasteiger partial charge in [0, 0.05) is 10.9 Å². The van der Waals surface area contributed by atoms with E-state index in [-0.39, 0.29) is 0 Å². The van der Waals surface area contributed by atoms with Crippen LogP contribution in [0.3, 0.4) is 0 Å². The molecule has 0 aliphatic heterocycles. The summed E-state index contributed by atoms with van der Waals surface area (Å²) in [6.07, 6.45) is 1.30. The third-order valence-corrected chi connectivity index (χ3v) is 4.79. The molecule has 0 saturated carbocycles. The molecule has 0 unspecified atom stereocenters. The Bertz CT molecular complexity index is 1030. The summed E-state index contributed by atoms with van der Waals surface area (Å²) in [6, 6.07) is 16.3. The van der Waals surface area contributed by atoms with Gasteiger partial charge in [0.2, 0.25) is 11.9 Å². The van der Waals surface area contributed by atoms with Crippen molar-refractivity contribution in [1.82, 2.24) is 15.3 Å². The molecule has 1 atom stereocenters. The van der Waals surface area contributed by atoms with Crippen molar-refractivity contribution in [1.29, 1.82) is 0 Å². The predicted molar refractivity (Wildman–Crippen MR) is 124 cm³/mol.